The summed E-state index contributed by atoms with van der Waals surface area (Å²) < 4.78 is 0. The molecule has 4 rings (SSSR count). The Kier molecular flexibility index (Phi) is 3.53. The fraction of sp³-hybridized carbons (Fsp3) is 0.333. The van der Waals surface area contributed by atoms with Gasteiger partial charge in [0.1, 0.15) is 6.04 Å². The van der Waals surface area contributed by atoms with Crippen LogP contribution in [0.1, 0.15) is 6.92 Å². The number of hydrogen-bond acceptors (Lipinski definition) is 4. The molecule has 2 saturated heterocycles. The number of carbonyl (C=O) groups excluding carboxylic acids is 2. The number of carbonyl (C=O) groups is 2. The van der Waals surface area contributed by atoms with Crippen molar-refractivity contribution in [2.45, 2.75) is 19.0 Å². The first-order valence-electron chi connectivity index (χ1n) is 8.18. The number of nitrogens with zero attached hydrogens (tertiary/aromatic N) is 5. The van der Waals surface area contributed by atoms with Crippen molar-refractivity contribution in [1.29, 1.82) is 5.26 Å². The minimum absolute atomic E-state index is 0.00911. The zero-order chi connectivity index (χ0) is 17.6. The summed E-state index contributed by atoms with van der Waals surface area (Å²) in [5.74, 6) is 0.00911. The lowest BCUT2D eigenvalue weighted by molar-refractivity contribution is -0.135. The SMILES string of the molecule is CC(=O)N1CC(N2C[C@H](C#N)N(c3cncc4ccccc34)C2=O)C1. The van der Waals surface area contributed by atoms with Gasteiger partial charge in [0, 0.05) is 37.0 Å². The number of urea groups is 1. The fourth-order valence-corrected chi connectivity index (χ4v) is 3.49. The molecular weight excluding hydrogens is 318 g/mol. The van der Waals surface area contributed by atoms with E-state index >= 15 is 0 Å². The first-order chi connectivity index (χ1) is 12.1. The lowest BCUT2D eigenvalue weighted by atomic mass is 10.1. The number of nitriles is 1. The summed E-state index contributed by atoms with van der Waals surface area (Å²) in [6, 6.07) is 9.12. The molecule has 1 aromatic carbocycles. The Balaban J connectivity index is 1.66. The van der Waals surface area contributed by atoms with Crippen molar-refractivity contribution in [2.75, 3.05) is 24.5 Å². The zero-order valence-electron chi connectivity index (χ0n) is 13.8. The molecule has 2 aromatic rings. The van der Waals surface area contributed by atoms with E-state index in [0.717, 1.165) is 10.8 Å². The van der Waals surface area contributed by atoms with Gasteiger partial charge in [-0.3, -0.25) is 14.7 Å². The van der Waals surface area contributed by atoms with Crippen LogP contribution in [0.4, 0.5) is 10.5 Å². The first kappa shape index (κ1) is 15.4. The van der Waals surface area contributed by atoms with E-state index in [1.807, 2.05) is 24.3 Å². The van der Waals surface area contributed by atoms with E-state index < -0.39 is 6.04 Å². The summed E-state index contributed by atoms with van der Waals surface area (Å²) in [5, 5.41) is 11.4. The molecule has 25 heavy (non-hydrogen) atoms. The average Bonchev–Trinajstić information content (AvgIpc) is 2.89. The van der Waals surface area contributed by atoms with Crippen LogP contribution in [0.3, 0.4) is 0 Å². The number of amides is 3. The smallest absolute Gasteiger partial charge is 0.326 e. The van der Waals surface area contributed by atoms with Gasteiger partial charge in [0.25, 0.3) is 0 Å². The molecule has 3 amide bonds. The van der Waals surface area contributed by atoms with Gasteiger partial charge >= 0.3 is 6.03 Å². The molecule has 1 atom stereocenters. The predicted molar refractivity (Wildman–Crippen MR) is 91.8 cm³/mol. The predicted octanol–water partition coefficient (Wildman–Crippen LogP) is 1.60. The number of hydrogen-bond donors (Lipinski definition) is 0. The van der Waals surface area contributed by atoms with Crippen LogP contribution in [0.15, 0.2) is 36.7 Å². The first-order valence-corrected chi connectivity index (χ1v) is 8.18. The second-order valence-corrected chi connectivity index (χ2v) is 6.41. The number of likely N-dealkylation sites (tertiary alicyclic amines) is 1. The molecular formula is C18H17N5O2. The maximum atomic E-state index is 13.0. The number of anilines is 1. The van der Waals surface area contributed by atoms with Gasteiger partial charge in [0.15, 0.2) is 0 Å². The summed E-state index contributed by atoms with van der Waals surface area (Å²) in [6.45, 7) is 2.92. The van der Waals surface area contributed by atoms with Crippen LogP contribution >= 0.6 is 0 Å². The summed E-state index contributed by atoms with van der Waals surface area (Å²) in [5.41, 5.74) is 0.653. The van der Waals surface area contributed by atoms with Crippen molar-refractivity contribution in [3.05, 3.63) is 36.7 Å². The van der Waals surface area contributed by atoms with Crippen LogP contribution in [0, 0.1) is 11.3 Å². The number of benzene rings is 1. The van der Waals surface area contributed by atoms with Crippen molar-refractivity contribution in [3.63, 3.8) is 0 Å². The largest absolute Gasteiger partial charge is 0.339 e. The lowest BCUT2D eigenvalue weighted by Gasteiger charge is -2.43. The lowest BCUT2D eigenvalue weighted by Crippen LogP contribution is -2.61. The third-order valence-corrected chi connectivity index (χ3v) is 4.94. The van der Waals surface area contributed by atoms with Crippen LogP contribution < -0.4 is 4.90 Å². The molecule has 2 fully saturated rings. The molecule has 2 aliphatic rings. The Morgan fingerprint density at radius 1 is 1.24 bits per heavy atom. The van der Waals surface area contributed by atoms with E-state index in [9.17, 15) is 14.9 Å². The molecule has 7 heteroatoms. The summed E-state index contributed by atoms with van der Waals surface area (Å²) >= 11 is 0. The van der Waals surface area contributed by atoms with Gasteiger partial charge < -0.3 is 9.80 Å². The van der Waals surface area contributed by atoms with Gasteiger partial charge in [-0.25, -0.2) is 4.79 Å². The van der Waals surface area contributed by atoms with Crippen LogP contribution in [-0.2, 0) is 4.79 Å². The Morgan fingerprint density at radius 2 is 2.00 bits per heavy atom. The van der Waals surface area contributed by atoms with Crippen molar-refractivity contribution in [3.8, 4) is 6.07 Å². The highest BCUT2D eigenvalue weighted by Crippen LogP contribution is 2.32. The summed E-state index contributed by atoms with van der Waals surface area (Å²) in [4.78, 5) is 33.5. The van der Waals surface area contributed by atoms with Gasteiger partial charge in [0.05, 0.1) is 30.5 Å². The average molecular weight is 335 g/mol. The van der Waals surface area contributed by atoms with Crippen molar-refractivity contribution in [1.82, 2.24) is 14.8 Å². The quantitative estimate of drug-likeness (QED) is 0.835. The van der Waals surface area contributed by atoms with Gasteiger partial charge in [-0.05, 0) is 0 Å². The van der Waals surface area contributed by atoms with Crippen molar-refractivity contribution < 1.29 is 9.59 Å². The van der Waals surface area contributed by atoms with E-state index in [1.54, 1.807) is 22.2 Å². The van der Waals surface area contributed by atoms with E-state index in [1.165, 1.54) is 11.8 Å². The Bertz CT molecular complexity index is 894. The standard InChI is InChI=1S/C18H17N5O2/c1-12(24)21-9-15(10-21)22-11-14(6-19)23(18(22)25)17-8-20-7-13-4-2-3-5-16(13)17/h2-5,7-8,14-15H,9-11H2,1H3/t14-/m0/s1. The minimum Gasteiger partial charge on any atom is -0.339 e. The maximum Gasteiger partial charge on any atom is 0.326 e. The Hall–Kier alpha value is -3.14. The molecule has 3 heterocycles. The highest BCUT2D eigenvalue weighted by atomic mass is 16.2. The molecule has 0 radical (unpaired) electrons. The molecule has 7 nitrogen and oxygen atoms in total. The van der Waals surface area contributed by atoms with Crippen LogP contribution in [0.25, 0.3) is 10.8 Å². The number of aromatic nitrogens is 1. The molecule has 0 unspecified atom stereocenters. The van der Waals surface area contributed by atoms with E-state index in [4.69, 9.17) is 0 Å². The van der Waals surface area contributed by atoms with Gasteiger partial charge in [-0.2, -0.15) is 5.26 Å². The third-order valence-electron chi connectivity index (χ3n) is 4.94. The number of rotatable bonds is 2. The fourth-order valence-electron chi connectivity index (χ4n) is 3.49. The number of fused-ring (bicyclic) bond motifs is 1. The van der Waals surface area contributed by atoms with Crippen LogP contribution in [0.5, 0.6) is 0 Å². The summed E-state index contributed by atoms with van der Waals surface area (Å²) in [6.07, 6.45) is 3.38. The van der Waals surface area contributed by atoms with Gasteiger partial charge in [-0.15, -0.1) is 0 Å². The highest BCUT2D eigenvalue weighted by molar-refractivity contribution is 6.04. The van der Waals surface area contributed by atoms with Gasteiger partial charge in [0.2, 0.25) is 5.91 Å². The molecule has 0 N–H and O–H groups in total. The minimum atomic E-state index is -0.563. The Morgan fingerprint density at radius 3 is 2.72 bits per heavy atom. The van der Waals surface area contributed by atoms with Crippen LogP contribution in [0.2, 0.25) is 0 Å². The van der Waals surface area contributed by atoms with Crippen LogP contribution in [-0.4, -0.2) is 58.4 Å². The Labute approximate surface area is 145 Å². The monoisotopic (exact) mass is 335 g/mol. The molecule has 0 spiro atoms. The normalized spacial score (nSPS) is 20.7. The maximum absolute atomic E-state index is 13.0. The molecule has 1 aromatic heterocycles. The number of pyridine rings is 1. The molecule has 0 saturated carbocycles. The zero-order valence-corrected chi connectivity index (χ0v) is 13.8. The van der Waals surface area contributed by atoms with Gasteiger partial charge in [-0.1, -0.05) is 24.3 Å². The van der Waals surface area contributed by atoms with Crippen molar-refractivity contribution >= 4 is 28.4 Å². The molecule has 0 bridgehead atoms. The van der Waals surface area contributed by atoms with E-state index in [0.29, 0.717) is 25.3 Å². The topological polar surface area (TPSA) is 80.5 Å². The molecule has 2 aliphatic heterocycles. The van der Waals surface area contributed by atoms with E-state index in [-0.39, 0.29) is 18.0 Å². The second kappa shape index (κ2) is 5.74. The molecule has 126 valence electrons. The highest BCUT2D eigenvalue weighted by Gasteiger charge is 2.46. The van der Waals surface area contributed by atoms with Crippen molar-refractivity contribution in [2.24, 2.45) is 0 Å². The second-order valence-electron chi connectivity index (χ2n) is 6.41. The summed E-state index contributed by atoms with van der Waals surface area (Å²) in [7, 11) is 0. The third kappa shape index (κ3) is 2.38. The molecule has 0 aliphatic carbocycles. The van der Waals surface area contributed by atoms with E-state index in [2.05, 4.69) is 11.1 Å².